The topological polar surface area (TPSA) is 12.4 Å². The van der Waals surface area contributed by atoms with Crippen LogP contribution in [-0.2, 0) is 11.8 Å². The maximum absolute atomic E-state index is 5.81. The largest absolute Gasteiger partial charge is 0.182 e. The summed E-state index contributed by atoms with van der Waals surface area (Å²) in [5.41, 5.74) is 4.58. The van der Waals surface area contributed by atoms with Crippen molar-refractivity contribution < 1.29 is 0 Å². The SMILES string of the molecule is CC(C)(C)c1ccc(C(Cc2ccccc2Br)=NCl)cc1. The molecule has 0 heterocycles. The molecule has 0 atom stereocenters. The van der Waals surface area contributed by atoms with Crippen LogP contribution in [0.15, 0.2) is 57.5 Å². The van der Waals surface area contributed by atoms with Gasteiger partial charge in [0.05, 0.1) is 5.71 Å². The van der Waals surface area contributed by atoms with E-state index in [1.807, 2.05) is 18.2 Å². The van der Waals surface area contributed by atoms with E-state index in [1.165, 1.54) is 11.1 Å². The van der Waals surface area contributed by atoms with Gasteiger partial charge in [-0.3, -0.25) is 0 Å². The average molecular weight is 365 g/mol. The Morgan fingerprint density at radius 1 is 1.05 bits per heavy atom. The first-order valence-corrected chi connectivity index (χ1v) is 8.07. The van der Waals surface area contributed by atoms with Gasteiger partial charge in [0.15, 0.2) is 0 Å². The first kappa shape index (κ1) is 16.3. The Labute approximate surface area is 140 Å². The molecule has 0 aliphatic heterocycles. The molecule has 0 aromatic heterocycles. The lowest BCUT2D eigenvalue weighted by molar-refractivity contribution is 0.590. The molecule has 2 rings (SSSR count). The monoisotopic (exact) mass is 363 g/mol. The number of halogens is 2. The Hall–Kier alpha value is -1.12. The molecule has 0 spiro atoms. The zero-order valence-electron chi connectivity index (χ0n) is 12.5. The molecule has 21 heavy (non-hydrogen) atoms. The molecule has 0 bridgehead atoms. The smallest absolute Gasteiger partial charge is 0.0667 e. The average Bonchev–Trinajstić information content (AvgIpc) is 2.46. The fourth-order valence-electron chi connectivity index (χ4n) is 2.17. The van der Waals surface area contributed by atoms with Crippen LogP contribution in [0, 0.1) is 0 Å². The summed E-state index contributed by atoms with van der Waals surface area (Å²) in [4.78, 5) is 0. The van der Waals surface area contributed by atoms with Crippen molar-refractivity contribution in [3.05, 3.63) is 69.7 Å². The number of benzene rings is 2. The molecular weight excluding hydrogens is 346 g/mol. The molecule has 0 N–H and O–H groups in total. The fourth-order valence-corrected chi connectivity index (χ4v) is 2.75. The minimum atomic E-state index is 0.152. The zero-order valence-corrected chi connectivity index (χ0v) is 14.9. The van der Waals surface area contributed by atoms with Crippen molar-refractivity contribution in [2.24, 2.45) is 4.51 Å². The van der Waals surface area contributed by atoms with E-state index in [9.17, 15) is 0 Å². The third kappa shape index (κ3) is 4.18. The Kier molecular flexibility index (Phi) is 5.23. The molecule has 0 aliphatic carbocycles. The predicted molar refractivity (Wildman–Crippen MR) is 95.4 cm³/mol. The lowest BCUT2D eigenvalue weighted by atomic mass is 9.86. The van der Waals surface area contributed by atoms with Crippen LogP contribution in [0.2, 0.25) is 0 Å². The van der Waals surface area contributed by atoms with Crippen molar-refractivity contribution in [2.75, 3.05) is 0 Å². The highest BCUT2D eigenvalue weighted by molar-refractivity contribution is 9.10. The second-order valence-electron chi connectivity index (χ2n) is 6.13. The molecular formula is C18H19BrClN. The van der Waals surface area contributed by atoms with Crippen molar-refractivity contribution in [2.45, 2.75) is 32.6 Å². The summed E-state index contributed by atoms with van der Waals surface area (Å²) in [5.74, 6) is 0. The van der Waals surface area contributed by atoms with Crippen molar-refractivity contribution >= 4 is 33.4 Å². The highest BCUT2D eigenvalue weighted by atomic mass is 79.9. The third-order valence-electron chi connectivity index (χ3n) is 3.50. The van der Waals surface area contributed by atoms with Gasteiger partial charge >= 0.3 is 0 Å². The molecule has 2 aromatic rings. The van der Waals surface area contributed by atoms with E-state index in [1.54, 1.807) is 0 Å². The highest BCUT2D eigenvalue weighted by Gasteiger charge is 2.14. The molecule has 3 heteroatoms. The minimum Gasteiger partial charge on any atom is -0.182 e. The van der Waals surface area contributed by atoms with E-state index in [2.05, 4.69) is 71.5 Å². The number of nitrogens with zero attached hydrogens (tertiary/aromatic N) is 1. The van der Waals surface area contributed by atoms with Gasteiger partial charge in [-0.1, -0.05) is 79.2 Å². The van der Waals surface area contributed by atoms with Crippen molar-refractivity contribution in [1.29, 1.82) is 0 Å². The van der Waals surface area contributed by atoms with E-state index >= 15 is 0 Å². The van der Waals surface area contributed by atoms with E-state index < -0.39 is 0 Å². The molecule has 0 aliphatic rings. The van der Waals surface area contributed by atoms with Crippen molar-refractivity contribution in [3.8, 4) is 0 Å². The predicted octanol–water partition coefficient (Wildman–Crippen LogP) is 5.93. The number of rotatable bonds is 3. The van der Waals surface area contributed by atoms with Gasteiger partial charge in [0.25, 0.3) is 0 Å². The first-order chi connectivity index (χ1) is 9.91. The summed E-state index contributed by atoms with van der Waals surface area (Å²) in [6, 6.07) is 16.6. The minimum absolute atomic E-state index is 0.152. The fraction of sp³-hybridized carbons (Fsp3) is 0.278. The van der Waals surface area contributed by atoms with Crippen LogP contribution in [0.1, 0.15) is 37.5 Å². The van der Waals surface area contributed by atoms with Crippen molar-refractivity contribution in [1.82, 2.24) is 0 Å². The van der Waals surface area contributed by atoms with E-state index in [-0.39, 0.29) is 5.41 Å². The molecule has 0 radical (unpaired) electrons. The van der Waals surface area contributed by atoms with Gasteiger partial charge in [-0.25, -0.2) is 0 Å². The van der Waals surface area contributed by atoms with E-state index in [0.717, 1.165) is 15.7 Å². The normalized spacial score (nSPS) is 12.5. The lowest BCUT2D eigenvalue weighted by Crippen LogP contribution is -2.12. The standard InChI is InChI=1S/C18H19BrClN/c1-18(2,3)15-10-8-13(9-11-15)17(21-20)12-14-6-4-5-7-16(14)19/h4-11H,12H2,1-3H3. The van der Waals surface area contributed by atoms with E-state index in [0.29, 0.717) is 6.42 Å². The summed E-state index contributed by atoms with van der Waals surface area (Å²) in [6.07, 6.45) is 0.708. The van der Waals surface area contributed by atoms with Crippen LogP contribution < -0.4 is 0 Å². The quantitative estimate of drug-likeness (QED) is 0.598. The zero-order chi connectivity index (χ0) is 15.5. The second kappa shape index (κ2) is 6.76. The maximum Gasteiger partial charge on any atom is 0.0667 e. The summed E-state index contributed by atoms with van der Waals surface area (Å²) in [5, 5.41) is 0. The number of hydrogen-bond acceptors (Lipinski definition) is 1. The van der Waals surface area contributed by atoms with Gasteiger partial charge in [-0.2, -0.15) is 4.51 Å². The van der Waals surface area contributed by atoms with E-state index in [4.69, 9.17) is 11.8 Å². The summed E-state index contributed by atoms with van der Waals surface area (Å²) in [6.45, 7) is 6.62. The third-order valence-corrected chi connectivity index (χ3v) is 4.48. The van der Waals surface area contributed by atoms with Gasteiger partial charge in [-0.15, -0.1) is 0 Å². The summed E-state index contributed by atoms with van der Waals surface area (Å²) >= 11 is 9.37. The second-order valence-corrected chi connectivity index (χ2v) is 7.15. The Balaban J connectivity index is 2.25. The maximum atomic E-state index is 5.81. The number of hydrogen-bond donors (Lipinski definition) is 0. The van der Waals surface area contributed by atoms with Crippen LogP contribution in [-0.4, -0.2) is 5.71 Å². The molecule has 0 saturated carbocycles. The molecule has 1 nitrogen and oxygen atoms in total. The Bertz CT molecular complexity index is 639. The molecule has 0 fully saturated rings. The van der Waals surface area contributed by atoms with Gasteiger partial charge in [0, 0.05) is 22.7 Å². The molecule has 0 unspecified atom stereocenters. The van der Waals surface area contributed by atoms with Crippen LogP contribution in [0.5, 0.6) is 0 Å². The van der Waals surface area contributed by atoms with Gasteiger partial charge in [0.1, 0.15) is 0 Å². The van der Waals surface area contributed by atoms with Crippen LogP contribution in [0.25, 0.3) is 0 Å². The Morgan fingerprint density at radius 2 is 1.67 bits per heavy atom. The first-order valence-electron chi connectivity index (χ1n) is 6.94. The molecule has 0 saturated heterocycles. The van der Waals surface area contributed by atoms with Gasteiger partial charge in [-0.05, 0) is 28.2 Å². The van der Waals surface area contributed by atoms with Gasteiger partial charge < -0.3 is 0 Å². The van der Waals surface area contributed by atoms with Crippen molar-refractivity contribution in [3.63, 3.8) is 0 Å². The van der Waals surface area contributed by atoms with Gasteiger partial charge in [0.2, 0.25) is 0 Å². The van der Waals surface area contributed by atoms with Crippen LogP contribution >= 0.6 is 27.7 Å². The summed E-state index contributed by atoms with van der Waals surface area (Å²) < 4.78 is 5.03. The van der Waals surface area contributed by atoms with Crippen LogP contribution in [0.4, 0.5) is 0 Å². The lowest BCUT2D eigenvalue weighted by Gasteiger charge is -2.19. The summed E-state index contributed by atoms with van der Waals surface area (Å²) in [7, 11) is 0. The molecule has 110 valence electrons. The molecule has 2 aromatic carbocycles. The Morgan fingerprint density at radius 3 is 2.19 bits per heavy atom. The molecule has 0 amide bonds. The highest BCUT2D eigenvalue weighted by Crippen LogP contribution is 2.24. The van der Waals surface area contributed by atoms with Crippen LogP contribution in [0.3, 0.4) is 0 Å².